The van der Waals surface area contributed by atoms with Crippen molar-refractivity contribution in [3.63, 3.8) is 0 Å². The first-order valence-corrected chi connectivity index (χ1v) is 8.70. The molecule has 2 N–H and O–H groups in total. The predicted octanol–water partition coefficient (Wildman–Crippen LogP) is 0.393. The normalized spacial score (nSPS) is 20.6. The third-order valence-electron chi connectivity index (χ3n) is 4.58. The summed E-state index contributed by atoms with van der Waals surface area (Å²) >= 11 is 0. The van der Waals surface area contributed by atoms with Crippen LogP contribution in [0.4, 0.5) is 0 Å². The van der Waals surface area contributed by atoms with Crippen LogP contribution in [0.15, 0.2) is 24.5 Å². The van der Waals surface area contributed by atoms with Crippen molar-refractivity contribution in [1.82, 2.24) is 20.1 Å². The molecule has 2 amide bonds. The molecule has 7 heteroatoms. The topological polar surface area (TPSA) is 85.8 Å². The smallest absolute Gasteiger partial charge is 0.236 e. The van der Waals surface area contributed by atoms with Crippen molar-refractivity contribution in [3.8, 4) is 0 Å². The molecule has 1 unspecified atom stereocenters. The molecule has 1 aromatic heterocycles. The minimum atomic E-state index is -0.970. The van der Waals surface area contributed by atoms with Crippen molar-refractivity contribution >= 4 is 11.8 Å². The average molecular weight is 348 g/mol. The minimum Gasteiger partial charge on any atom is -0.388 e. The molecule has 1 aliphatic heterocycles. The number of piperidine rings is 1. The summed E-state index contributed by atoms with van der Waals surface area (Å²) in [4.78, 5) is 31.7. The Labute approximate surface area is 149 Å². The van der Waals surface area contributed by atoms with Crippen LogP contribution in [0.3, 0.4) is 0 Å². The third kappa shape index (κ3) is 6.10. The third-order valence-corrected chi connectivity index (χ3v) is 4.58. The lowest BCUT2D eigenvalue weighted by molar-refractivity contribution is -0.140. The summed E-state index contributed by atoms with van der Waals surface area (Å²) in [7, 11) is 3.48. The van der Waals surface area contributed by atoms with Crippen molar-refractivity contribution in [2.45, 2.75) is 37.8 Å². The van der Waals surface area contributed by atoms with Gasteiger partial charge in [-0.1, -0.05) is 6.07 Å². The predicted molar refractivity (Wildman–Crippen MR) is 94.6 cm³/mol. The summed E-state index contributed by atoms with van der Waals surface area (Å²) in [6.45, 7) is 1.89. The second kappa shape index (κ2) is 8.92. The van der Waals surface area contributed by atoms with E-state index in [1.54, 1.807) is 24.3 Å². The molecular weight excluding hydrogens is 320 g/mol. The Morgan fingerprint density at radius 2 is 2.28 bits per heavy atom. The van der Waals surface area contributed by atoms with Crippen molar-refractivity contribution in [3.05, 3.63) is 30.1 Å². The zero-order chi connectivity index (χ0) is 18.3. The van der Waals surface area contributed by atoms with Crippen LogP contribution in [0.2, 0.25) is 0 Å². The number of amides is 2. The molecule has 1 atom stereocenters. The highest BCUT2D eigenvalue weighted by Gasteiger charge is 2.35. The molecular formula is C18H28N4O3. The number of aliphatic hydroxyl groups is 1. The molecule has 0 spiro atoms. The van der Waals surface area contributed by atoms with Crippen LogP contribution in [-0.4, -0.2) is 71.0 Å². The summed E-state index contributed by atoms with van der Waals surface area (Å²) < 4.78 is 0. The van der Waals surface area contributed by atoms with Gasteiger partial charge in [0.05, 0.1) is 12.1 Å². The van der Waals surface area contributed by atoms with Crippen LogP contribution in [0.25, 0.3) is 0 Å². The van der Waals surface area contributed by atoms with Crippen LogP contribution in [0, 0.1) is 0 Å². The largest absolute Gasteiger partial charge is 0.388 e. The van der Waals surface area contributed by atoms with Crippen molar-refractivity contribution < 1.29 is 14.7 Å². The molecule has 1 aliphatic rings. The zero-order valence-corrected chi connectivity index (χ0v) is 15.1. The summed E-state index contributed by atoms with van der Waals surface area (Å²) in [5.74, 6) is -0.0856. The molecule has 0 aliphatic carbocycles. The van der Waals surface area contributed by atoms with E-state index >= 15 is 0 Å². The molecule has 1 saturated heterocycles. The maximum absolute atomic E-state index is 12.6. The van der Waals surface area contributed by atoms with E-state index in [0.717, 1.165) is 12.0 Å². The number of likely N-dealkylation sites (N-methyl/N-ethyl adjacent to an activating group) is 1. The molecule has 0 aromatic carbocycles. The average Bonchev–Trinajstić information content (AvgIpc) is 2.60. The van der Waals surface area contributed by atoms with Crippen LogP contribution in [0.1, 0.15) is 31.2 Å². The van der Waals surface area contributed by atoms with Gasteiger partial charge in [-0.25, -0.2) is 0 Å². The lowest BCUT2D eigenvalue weighted by Gasteiger charge is -2.39. The molecule has 0 bridgehead atoms. The number of likely N-dealkylation sites (tertiary alicyclic amines) is 1. The molecule has 1 aromatic rings. The Balaban J connectivity index is 1.85. The SMILES string of the molecule is CNC(=O)CCC1(O)CCCN(C(=O)CN(C)Cc2cccnc2)C1. The van der Waals surface area contributed by atoms with E-state index in [-0.39, 0.29) is 18.2 Å². The van der Waals surface area contributed by atoms with Gasteiger partial charge in [0.2, 0.25) is 11.8 Å². The summed E-state index contributed by atoms with van der Waals surface area (Å²) in [6.07, 6.45) is 5.54. The van der Waals surface area contributed by atoms with Gasteiger partial charge >= 0.3 is 0 Å². The van der Waals surface area contributed by atoms with Crippen molar-refractivity contribution in [2.75, 3.05) is 33.7 Å². The number of aromatic nitrogens is 1. The molecule has 25 heavy (non-hydrogen) atoms. The number of carbonyl (C=O) groups excluding carboxylic acids is 2. The number of hydrogen-bond acceptors (Lipinski definition) is 5. The Kier molecular flexibility index (Phi) is 6.90. The fourth-order valence-electron chi connectivity index (χ4n) is 3.19. The Morgan fingerprint density at radius 1 is 1.48 bits per heavy atom. The van der Waals surface area contributed by atoms with Crippen LogP contribution < -0.4 is 5.32 Å². The second-order valence-corrected chi connectivity index (χ2v) is 6.85. The summed E-state index contributed by atoms with van der Waals surface area (Å²) in [5, 5.41) is 13.3. The Hall–Kier alpha value is -1.99. The van der Waals surface area contributed by atoms with E-state index < -0.39 is 5.60 Å². The van der Waals surface area contributed by atoms with Gasteiger partial charge in [0.1, 0.15) is 0 Å². The van der Waals surface area contributed by atoms with E-state index in [9.17, 15) is 14.7 Å². The van der Waals surface area contributed by atoms with Gasteiger partial charge in [0, 0.05) is 45.5 Å². The molecule has 2 rings (SSSR count). The number of pyridine rings is 1. The number of β-amino-alcohol motifs (C(OH)–C–C–N with tert-alkyl or cyclic N) is 1. The first-order valence-electron chi connectivity index (χ1n) is 8.70. The quantitative estimate of drug-likeness (QED) is 0.745. The van der Waals surface area contributed by atoms with Gasteiger partial charge in [-0.2, -0.15) is 0 Å². The number of nitrogens with zero attached hydrogens (tertiary/aromatic N) is 3. The lowest BCUT2D eigenvalue weighted by atomic mass is 9.88. The van der Waals surface area contributed by atoms with E-state index in [2.05, 4.69) is 10.3 Å². The Morgan fingerprint density at radius 3 is 2.96 bits per heavy atom. The first kappa shape index (κ1) is 19.3. The maximum Gasteiger partial charge on any atom is 0.236 e. The molecule has 7 nitrogen and oxygen atoms in total. The summed E-state index contributed by atoms with van der Waals surface area (Å²) in [6, 6.07) is 3.86. The Bertz CT molecular complexity index is 581. The van der Waals surface area contributed by atoms with E-state index in [4.69, 9.17) is 0 Å². The molecule has 2 heterocycles. The van der Waals surface area contributed by atoms with E-state index in [1.165, 1.54) is 0 Å². The first-order chi connectivity index (χ1) is 11.9. The number of hydrogen-bond donors (Lipinski definition) is 2. The standard InChI is InChI=1S/C18H28N4O3/c1-19-16(23)6-8-18(25)7-4-10-22(14-18)17(24)13-21(2)12-15-5-3-9-20-11-15/h3,5,9,11,25H,4,6-8,10,12-14H2,1-2H3,(H,19,23). The van der Waals surface area contributed by atoms with Gasteiger partial charge in [0.15, 0.2) is 0 Å². The van der Waals surface area contributed by atoms with Crippen LogP contribution >= 0.6 is 0 Å². The lowest BCUT2D eigenvalue weighted by Crippen LogP contribution is -2.52. The fourth-order valence-corrected chi connectivity index (χ4v) is 3.19. The maximum atomic E-state index is 12.6. The van der Waals surface area contributed by atoms with Gasteiger partial charge in [-0.05, 0) is 37.9 Å². The molecule has 138 valence electrons. The van der Waals surface area contributed by atoms with Gasteiger partial charge < -0.3 is 15.3 Å². The molecule has 0 radical (unpaired) electrons. The summed E-state index contributed by atoms with van der Waals surface area (Å²) in [5.41, 5.74) is 0.0843. The van der Waals surface area contributed by atoms with Crippen molar-refractivity contribution in [1.29, 1.82) is 0 Å². The van der Waals surface area contributed by atoms with E-state index in [0.29, 0.717) is 39.0 Å². The minimum absolute atomic E-state index is 0.00413. The van der Waals surface area contributed by atoms with E-state index in [1.807, 2.05) is 24.1 Å². The molecule has 0 saturated carbocycles. The second-order valence-electron chi connectivity index (χ2n) is 6.85. The van der Waals surface area contributed by atoms with Crippen LogP contribution in [-0.2, 0) is 16.1 Å². The van der Waals surface area contributed by atoms with Gasteiger partial charge in [-0.15, -0.1) is 0 Å². The van der Waals surface area contributed by atoms with Gasteiger partial charge in [-0.3, -0.25) is 19.5 Å². The highest BCUT2D eigenvalue weighted by Crippen LogP contribution is 2.26. The highest BCUT2D eigenvalue weighted by molar-refractivity contribution is 5.78. The van der Waals surface area contributed by atoms with Gasteiger partial charge in [0.25, 0.3) is 0 Å². The number of nitrogens with one attached hydrogen (secondary N) is 1. The number of carbonyl (C=O) groups is 2. The molecule has 1 fully saturated rings. The number of rotatable bonds is 7. The monoisotopic (exact) mass is 348 g/mol. The van der Waals surface area contributed by atoms with Crippen molar-refractivity contribution in [2.24, 2.45) is 0 Å². The highest BCUT2D eigenvalue weighted by atomic mass is 16.3. The fraction of sp³-hybridized carbons (Fsp3) is 0.611. The van der Waals surface area contributed by atoms with Crippen LogP contribution in [0.5, 0.6) is 0 Å². The zero-order valence-electron chi connectivity index (χ0n) is 15.1.